The van der Waals surface area contributed by atoms with Crippen molar-refractivity contribution in [1.82, 2.24) is 0 Å². The van der Waals surface area contributed by atoms with E-state index in [-0.39, 0.29) is 0 Å². The Morgan fingerprint density at radius 3 is 2.86 bits per heavy atom. The Labute approximate surface area is 86.3 Å². The third-order valence-corrected chi connectivity index (χ3v) is 3.04. The molecule has 0 aliphatic heterocycles. The summed E-state index contributed by atoms with van der Waals surface area (Å²) in [5, 5.41) is 1.68. The Balaban J connectivity index is 2.56. The first-order valence-corrected chi connectivity index (χ1v) is 5.24. The van der Waals surface area contributed by atoms with Crippen molar-refractivity contribution in [3.8, 4) is 5.75 Å². The molecular formula is C10H12N2OS. The largest absolute Gasteiger partial charge is 0.494 e. The molecule has 0 radical (unpaired) electrons. The van der Waals surface area contributed by atoms with Crippen LogP contribution in [0.3, 0.4) is 0 Å². The van der Waals surface area contributed by atoms with Gasteiger partial charge in [-0.05, 0) is 25.1 Å². The van der Waals surface area contributed by atoms with E-state index in [1.165, 1.54) is 11.3 Å². The van der Waals surface area contributed by atoms with Gasteiger partial charge in [-0.1, -0.05) is 0 Å². The molecule has 74 valence electrons. The smallest absolute Gasteiger partial charge is 0.120 e. The first kappa shape index (κ1) is 9.15. The van der Waals surface area contributed by atoms with E-state index in [1.54, 1.807) is 0 Å². The molecule has 0 atom stereocenters. The minimum Gasteiger partial charge on any atom is -0.494 e. The fourth-order valence-corrected chi connectivity index (χ4v) is 2.29. The molecule has 3 nitrogen and oxygen atoms in total. The standard InChI is InChI=1S/C10H12N2OS/c1-2-13-6-3-4-7-8(5-6)14-10(12)9(7)11/h3-5H,2,11-12H2,1H3. The lowest BCUT2D eigenvalue weighted by molar-refractivity contribution is 0.341. The zero-order valence-corrected chi connectivity index (χ0v) is 8.73. The third-order valence-electron chi connectivity index (χ3n) is 2.04. The third kappa shape index (κ3) is 1.37. The average Bonchev–Trinajstić information content (AvgIpc) is 2.43. The van der Waals surface area contributed by atoms with Gasteiger partial charge in [0.2, 0.25) is 0 Å². The lowest BCUT2D eigenvalue weighted by Gasteiger charge is -2.01. The summed E-state index contributed by atoms with van der Waals surface area (Å²) in [5.74, 6) is 0.862. The molecule has 2 rings (SSSR count). The number of nitrogens with two attached hydrogens (primary N) is 2. The van der Waals surface area contributed by atoms with E-state index in [4.69, 9.17) is 16.2 Å². The molecular weight excluding hydrogens is 196 g/mol. The minimum atomic E-state index is 0.668. The molecule has 0 bridgehead atoms. The summed E-state index contributed by atoms with van der Waals surface area (Å²) >= 11 is 1.49. The van der Waals surface area contributed by atoms with Crippen molar-refractivity contribution in [2.24, 2.45) is 0 Å². The van der Waals surface area contributed by atoms with Gasteiger partial charge in [0, 0.05) is 10.1 Å². The second-order valence-corrected chi connectivity index (χ2v) is 4.05. The number of nitrogen functional groups attached to an aromatic ring is 2. The molecule has 0 aliphatic carbocycles. The molecule has 0 unspecified atom stereocenters. The van der Waals surface area contributed by atoms with Crippen LogP contribution in [0.5, 0.6) is 5.75 Å². The van der Waals surface area contributed by atoms with Gasteiger partial charge in [0.1, 0.15) is 10.8 Å². The molecule has 0 aliphatic rings. The molecule has 0 fully saturated rings. The highest BCUT2D eigenvalue weighted by atomic mass is 32.1. The summed E-state index contributed by atoms with van der Waals surface area (Å²) in [5.41, 5.74) is 12.2. The lowest BCUT2D eigenvalue weighted by Crippen LogP contribution is -1.90. The van der Waals surface area contributed by atoms with Crippen molar-refractivity contribution in [1.29, 1.82) is 0 Å². The van der Waals surface area contributed by atoms with Gasteiger partial charge in [0.15, 0.2) is 0 Å². The van der Waals surface area contributed by atoms with Crippen molar-refractivity contribution in [3.63, 3.8) is 0 Å². The van der Waals surface area contributed by atoms with E-state index >= 15 is 0 Å². The number of hydrogen-bond donors (Lipinski definition) is 2. The number of fused-ring (bicyclic) bond motifs is 1. The van der Waals surface area contributed by atoms with Crippen LogP contribution in [0, 0.1) is 0 Å². The first-order valence-electron chi connectivity index (χ1n) is 4.42. The topological polar surface area (TPSA) is 61.3 Å². The zero-order valence-electron chi connectivity index (χ0n) is 7.91. The Kier molecular flexibility index (Phi) is 2.21. The Morgan fingerprint density at radius 1 is 1.36 bits per heavy atom. The van der Waals surface area contributed by atoms with Crippen LogP contribution >= 0.6 is 11.3 Å². The van der Waals surface area contributed by atoms with E-state index in [2.05, 4.69) is 0 Å². The van der Waals surface area contributed by atoms with Crippen LogP contribution < -0.4 is 16.2 Å². The molecule has 0 saturated carbocycles. The maximum atomic E-state index is 5.81. The molecule has 1 heterocycles. The zero-order chi connectivity index (χ0) is 10.1. The van der Waals surface area contributed by atoms with Crippen molar-refractivity contribution in [3.05, 3.63) is 18.2 Å². The molecule has 0 spiro atoms. The van der Waals surface area contributed by atoms with E-state index in [9.17, 15) is 0 Å². The van der Waals surface area contributed by atoms with Crippen LogP contribution in [-0.4, -0.2) is 6.61 Å². The summed E-state index contributed by atoms with van der Waals surface area (Å²) in [6, 6.07) is 5.83. The van der Waals surface area contributed by atoms with Gasteiger partial charge >= 0.3 is 0 Å². The average molecular weight is 208 g/mol. The number of ether oxygens (including phenoxy) is 1. The molecule has 0 amide bonds. The van der Waals surface area contributed by atoms with Crippen LogP contribution in [0.2, 0.25) is 0 Å². The molecule has 4 N–H and O–H groups in total. The maximum absolute atomic E-state index is 5.81. The first-order chi connectivity index (χ1) is 6.72. The van der Waals surface area contributed by atoms with Crippen molar-refractivity contribution in [2.45, 2.75) is 6.92 Å². The summed E-state index contributed by atoms with van der Waals surface area (Å²) < 4.78 is 6.46. The highest BCUT2D eigenvalue weighted by molar-refractivity contribution is 7.23. The quantitative estimate of drug-likeness (QED) is 0.797. The Morgan fingerprint density at radius 2 is 2.14 bits per heavy atom. The number of hydrogen-bond acceptors (Lipinski definition) is 4. The fraction of sp³-hybridized carbons (Fsp3) is 0.200. The van der Waals surface area contributed by atoms with Gasteiger partial charge in [-0.2, -0.15) is 0 Å². The second-order valence-electron chi connectivity index (χ2n) is 2.97. The number of anilines is 2. The molecule has 2 aromatic rings. The normalized spacial score (nSPS) is 10.6. The van der Waals surface area contributed by atoms with Crippen molar-refractivity contribution in [2.75, 3.05) is 18.1 Å². The summed E-state index contributed by atoms with van der Waals surface area (Å²) in [7, 11) is 0. The Hall–Kier alpha value is -1.42. The van der Waals surface area contributed by atoms with Gasteiger partial charge in [0.25, 0.3) is 0 Å². The van der Waals surface area contributed by atoms with E-state index < -0.39 is 0 Å². The summed E-state index contributed by atoms with van der Waals surface area (Å²) in [6.45, 7) is 2.63. The van der Waals surface area contributed by atoms with Crippen LogP contribution in [0.25, 0.3) is 10.1 Å². The van der Waals surface area contributed by atoms with Gasteiger partial charge in [-0.3, -0.25) is 0 Å². The lowest BCUT2D eigenvalue weighted by atomic mass is 10.2. The molecule has 1 aromatic heterocycles. The van der Waals surface area contributed by atoms with Gasteiger partial charge in [0.05, 0.1) is 12.3 Å². The number of rotatable bonds is 2. The van der Waals surface area contributed by atoms with Gasteiger partial charge in [-0.25, -0.2) is 0 Å². The van der Waals surface area contributed by atoms with Gasteiger partial charge in [-0.15, -0.1) is 11.3 Å². The molecule has 1 aromatic carbocycles. The predicted octanol–water partition coefficient (Wildman–Crippen LogP) is 2.46. The van der Waals surface area contributed by atoms with E-state index in [1.807, 2.05) is 25.1 Å². The Bertz CT molecular complexity index is 464. The maximum Gasteiger partial charge on any atom is 0.120 e. The van der Waals surface area contributed by atoms with Crippen LogP contribution in [0.15, 0.2) is 18.2 Å². The highest BCUT2D eigenvalue weighted by Gasteiger charge is 2.06. The summed E-state index contributed by atoms with van der Waals surface area (Å²) in [4.78, 5) is 0. The van der Waals surface area contributed by atoms with E-state index in [0.29, 0.717) is 17.3 Å². The van der Waals surface area contributed by atoms with Gasteiger partial charge < -0.3 is 16.2 Å². The second kappa shape index (κ2) is 3.38. The monoisotopic (exact) mass is 208 g/mol. The predicted molar refractivity (Wildman–Crippen MR) is 61.8 cm³/mol. The minimum absolute atomic E-state index is 0.668. The van der Waals surface area contributed by atoms with Crippen molar-refractivity contribution >= 4 is 32.1 Å². The van der Waals surface area contributed by atoms with Crippen LogP contribution in [-0.2, 0) is 0 Å². The molecule has 14 heavy (non-hydrogen) atoms. The number of benzene rings is 1. The molecule has 4 heteroatoms. The van der Waals surface area contributed by atoms with E-state index in [0.717, 1.165) is 15.8 Å². The molecule has 0 saturated heterocycles. The van der Waals surface area contributed by atoms with Crippen molar-refractivity contribution < 1.29 is 4.74 Å². The fourth-order valence-electron chi connectivity index (χ4n) is 1.37. The number of thiophene rings is 1. The SMILES string of the molecule is CCOc1ccc2c(N)c(N)sc2c1. The van der Waals surface area contributed by atoms with Crippen LogP contribution in [0.4, 0.5) is 10.7 Å². The van der Waals surface area contributed by atoms with Crippen LogP contribution in [0.1, 0.15) is 6.92 Å². The highest BCUT2D eigenvalue weighted by Crippen LogP contribution is 2.37. The summed E-state index contributed by atoms with van der Waals surface area (Å²) in [6.07, 6.45) is 0.